The number of carbonyl (C=O) groups excluding carboxylic acids is 2. The Bertz CT molecular complexity index is 1870. The molecule has 0 unspecified atom stereocenters. The summed E-state index contributed by atoms with van der Waals surface area (Å²) >= 11 is 7.17. The number of benzene rings is 4. The van der Waals surface area contributed by atoms with E-state index in [-0.39, 0.29) is 31.1 Å². The summed E-state index contributed by atoms with van der Waals surface area (Å²) in [7, 11) is 0. The Morgan fingerprint density at radius 3 is 1.92 bits per heavy atom. The van der Waals surface area contributed by atoms with Crippen LogP contribution in [0.2, 0.25) is 0 Å². The molecule has 0 radical (unpaired) electrons. The maximum atomic E-state index is 14.2. The summed E-state index contributed by atoms with van der Waals surface area (Å²) in [6.45, 7) is 4.17. The molecule has 5 rings (SSSR count). The predicted octanol–water partition coefficient (Wildman–Crippen LogP) is 11.4. The molecule has 1 aliphatic carbocycles. The van der Waals surface area contributed by atoms with E-state index in [9.17, 15) is 9.59 Å². The molecule has 4 nitrogen and oxygen atoms in total. The molecule has 6 heteroatoms. The highest BCUT2D eigenvalue weighted by atomic mass is 79.9. The zero-order valence-corrected chi connectivity index (χ0v) is 31.0. The maximum Gasteiger partial charge on any atom is 0.338 e. The molecular formula is C43H40Br2O4. The van der Waals surface area contributed by atoms with Crippen molar-refractivity contribution in [1.29, 1.82) is 0 Å². The largest absolute Gasteiger partial charge is 0.463 e. The van der Waals surface area contributed by atoms with Crippen molar-refractivity contribution in [3.63, 3.8) is 0 Å². The van der Waals surface area contributed by atoms with Crippen LogP contribution in [0.4, 0.5) is 0 Å². The van der Waals surface area contributed by atoms with Crippen molar-refractivity contribution in [2.24, 2.45) is 5.41 Å². The molecule has 4 aromatic carbocycles. The fourth-order valence-electron chi connectivity index (χ4n) is 6.50. The lowest BCUT2D eigenvalue weighted by Gasteiger charge is -2.44. The highest BCUT2D eigenvalue weighted by molar-refractivity contribution is 9.10. The van der Waals surface area contributed by atoms with Gasteiger partial charge in [-0.05, 0) is 97.4 Å². The first kappa shape index (κ1) is 36.0. The van der Waals surface area contributed by atoms with Crippen LogP contribution in [0, 0.1) is 5.41 Å². The Kier molecular flexibility index (Phi) is 12.8. The van der Waals surface area contributed by atoms with Crippen molar-refractivity contribution in [2.75, 3.05) is 13.2 Å². The van der Waals surface area contributed by atoms with Gasteiger partial charge in [0.15, 0.2) is 0 Å². The Hall–Kier alpha value is -4.26. The van der Waals surface area contributed by atoms with Crippen LogP contribution in [-0.2, 0) is 19.1 Å². The van der Waals surface area contributed by atoms with Crippen LogP contribution in [0.3, 0.4) is 0 Å². The molecule has 0 aromatic heterocycles. The monoisotopic (exact) mass is 778 g/mol. The van der Waals surface area contributed by atoms with E-state index < -0.39 is 5.41 Å². The number of halogens is 2. The van der Waals surface area contributed by atoms with Gasteiger partial charge in [0.05, 0.1) is 18.8 Å². The van der Waals surface area contributed by atoms with Gasteiger partial charge in [0.25, 0.3) is 0 Å². The third-order valence-electron chi connectivity index (χ3n) is 8.75. The van der Waals surface area contributed by atoms with Crippen molar-refractivity contribution in [2.45, 2.75) is 39.0 Å². The first-order chi connectivity index (χ1) is 23.8. The average molecular weight is 781 g/mol. The topological polar surface area (TPSA) is 52.6 Å². The summed E-state index contributed by atoms with van der Waals surface area (Å²) in [5.41, 5.74) is 5.21. The summed E-state index contributed by atoms with van der Waals surface area (Å²) in [6, 6.07) is 36.2. The molecule has 0 aliphatic heterocycles. The third kappa shape index (κ3) is 9.26. The molecule has 4 aromatic rings. The second-order valence-corrected chi connectivity index (χ2v) is 13.8. The van der Waals surface area contributed by atoms with Crippen molar-refractivity contribution in [3.05, 3.63) is 169 Å². The number of esters is 2. The van der Waals surface area contributed by atoms with Crippen LogP contribution >= 0.6 is 31.9 Å². The number of hydrogen-bond donors (Lipinski definition) is 0. The van der Waals surface area contributed by atoms with Crippen molar-refractivity contribution >= 4 is 62.0 Å². The van der Waals surface area contributed by atoms with E-state index in [2.05, 4.69) is 74.4 Å². The lowest BCUT2D eigenvalue weighted by Crippen LogP contribution is -2.37. The van der Waals surface area contributed by atoms with Gasteiger partial charge in [-0.1, -0.05) is 135 Å². The second-order valence-electron chi connectivity index (χ2n) is 11.9. The number of allylic oxidation sites excluding steroid dienone is 2. The molecule has 2 atom stereocenters. The maximum absolute atomic E-state index is 14.2. The Morgan fingerprint density at radius 2 is 1.31 bits per heavy atom. The van der Waals surface area contributed by atoms with Gasteiger partial charge >= 0.3 is 11.9 Å². The fraction of sp³-hybridized carbons (Fsp3) is 0.209. The van der Waals surface area contributed by atoms with Gasteiger partial charge in [-0.3, -0.25) is 0 Å². The minimum absolute atomic E-state index is 0.254. The van der Waals surface area contributed by atoms with Crippen LogP contribution in [-0.4, -0.2) is 25.2 Å². The molecule has 0 saturated heterocycles. The zero-order valence-electron chi connectivity index (χ0n) is 27.8. The van der Waals surface area contributed by atoms with Crippen LogP contribution in [0.25, 0.3) is 18.2 Å². The van der Waals surface area contributed by atoms with Gasteiger partial charge in [-0.2, -0.15) is 0 Å². The van der Waals surface area contributed by atoms with E-state index in [4.69, 9.17) is 9.47 Å². The molecule has 49 heavy (non-hydrogen) atoms. The molecular weight excluding hydrogens is 740 g/mol. The Labute approximate surface area is 306 Å². The molecule has 0 N–H and O–H groups in total. The Morgan fingerprint density at radius 1 is 0.735 bits per heavy atom. The SMILES string of the molecule is CCOC(=O)/C(=C\c1cccc(Br)c1)C1=C[C@H](c2ccccc2)[C@@](C/C=C/c2ccccc2)(/C(=C/c2cccc(Br)c2)C(=O)OCC)CC1. The van der Waals surface area contributed by atoms with E-state index in [1.807, 2.05) is 111 Å². The molecule has 1 aliphatic rings. The molecule has 0 saturated carbocycles. The smallest absolute Gasteiger partial charge is 0.338 e. The molecule has 0 heterocycles. The van der Waals surface area contributed by atoms with Gasteiger partial charge < -0.3 is 9.47 Å². The van der Waals surface area contributed by atoms with Gasteiger partial charge in [0, 0.05) is 25.9 Å². The summed E-state index contributed by atoms with van der Waals surface area (Å²) in [5, 5.41) is 0. The lowest BCUT2D eigenvalue weighted by molar-refractivity contribution is -0.140. The highest BCUT2D eigenvalue weighted by Crippen LogP contribution is 2.55. The summed E-state index contributed by atoms with van der Waals surface area (Å²) in [6.07, 6.45) is 12.1. The molecule has 0 amide bonds. The first-order valence-electron chi connectivity index (χ1n) is 16.6. The average Bonchev–Trinajstić information content (AvgIpc) is 3.11. The Balaban J connectivity index is 1.75. The van der Waals surface area contributed by atoms with Crippen molar-refractivity contribution < 1.29 is 19.1 Å². The molecule has 0 bridgehead atoms. The number of hydrogen-bond acceptors (Lipinski definition) is 4. The van der Waals surface area contributed by atoms with Gasteiger partial charge in [-0.15, -0.1) is 0 Å². The van der Waals surface area contributed by atoms with Crippen molar-refractivity contribution in [1.82, 2.24) is 0 Å². The van der Waals surface area contributed by atoms with Crippen molar-refractivity contribution in [3.8, 4) is 0 Å². The fourth-order valence-corrected chi connectivity index (χ4v) is 7.33. The molecule has 250 valence electrons. The second kappa shape index (κ2) is 17.4. The summed E-state index contributed by atoms with van der Waals surface area (Å²) in [5.74, 6) is -0.989. The minimum Gasteiger partial charge on any atom is -0.463 e. The normalized spacial score (nSPS) is 18.2. The van der Waals surface area contributed by atoms with E-state index in [1.165, 1.54) is 0 Å². The van der Waals surface area contributed by atoms with E-state index in [1.54, 1.807) is 0 Å². The first-order valence-corrected chi connectivity index (χ1v) is 18.2. The minimum atomic E-state index is -0.708. The standard InChI is InChI=1S/C43H40Br2O4/c1-3-48-41(46)38(28-32-16-11-21-36(44)26-32)35-23-25-43(24-13-18-31-14-7-5-8-15-31,39(30-35)34-19-9-6-10-20-34)40(42(47)49-4-2)29-33-17-12-22-37(45)27-33/h5-22,26-30,39H,3-4,23-25H2,1-2H3/b18-13+,38-28-,40-29+/t39-,43+/m1/s1. The summed E-state index contributed by atoms with van der Waals surface area (Å²) in [4.78, 5) is 27.8. The third-order valence-corrected chi connectivity index (χ3v) is 9.73. The van der Waals surface area contributed by atoms with E-state index >= 15 is 0 Å². The molecule has 0 spiro atoms. The summed E-state index contributed by atoms with van der Waals surface area (Å²) < 4.78 is 13.3. The lowest BCUT2D eigenvalue weighted by atomic mass is 9.58. The number of ether oxygens (including phenoxy) is 2. The van der Waals surface area contributed by atoms with Crippen LogP contribution in [0.1, 0.15) is 61.3 Å². The van der Waals surface area contributed by atoms with E-state index in [0.717, 1.165) is 36.8 Å². The predicted molar refractivity (Wildman–Crippen MR) is 207 cm³/mol. The van der Waals surface area contributed by atoms with Gasteiger partial charge in [-0.25, -0.2) is 9.59 Å². The number of rotatable bonds is 12. The van der Waals surface area contributed by atoms with Crippen LogP contribution in [0.15, 0.2) is 147 Å². The number of carbonyl (C=O) groups is 2. The van der Waals surface area contributed by atoms with Gasteiger partial charge in [0.2, 0.25) is 0 Å². The van der Waals surface area contributed by atoms with Crippen LogP contribution < -0.4 is 0 Å². The highest BCUT2D eigenvalue weighted by Gasteiger charge is 2.47. The van der Waals surface area contributed by atoms with E-state index in [0.29, 0.717) is 30.4 Å². The van der Waals surface area contributed by atoms with Crippen LogP contribution in [0.5, 0.6) is 0 Å². The molecule has 0 fully saturated rings. The van der Waals surface area contributed by atoms with Gasteiger partial charge in [0.1, 0.15) is 0 Å². The quantitative estimate of drug-likeness (QED) is 0.106. The zero-order chi connectivity index (χ0) is 34.6.